The van der Waals surface area contributed by atoms with Crippen LogP contribution in [0.1, 0.15) is 30.0 Å². The topological polar surface area (TPSA) is 99.9 Å². The fraction of sp³-hybridized carbons (Fsp3) is 0.333. The molecule has 0 bridgehead atoms. The van der Waals surface area contributed by atoms with Gasteiger partial charge in [0.2, 0.25) is 0 Å². The Kier molecular flexibility index (Phi) is 2.66. The molecule has 1 aliphatic rings. The van der Waals surface area contributed by atoms with Crippen molar-refractivity contribution >= 4 is 11.5 Å². The van der Waals surface area contributed by atoms with Gasteiger partial charge >= 0.3 is 0 Å². The van der Waals surface area contributed by atoms with Crippen LogP contribution in [0.5, 0.6) is 0 Å². The third kappa shape index (κ3) is 2.14. The van der Waals surface area contributed by atoms with E-state index in [1.54, 1.807) is 22.9 Å². The number of anilines is 1. The summed E-state index contributed by atoms with van der Waals surface area (Å²) >= 11 is 0. The Morgan fingerprint density at radius 1 is 1.42 bits per heavy atom. The first kappa shape index (κ1) is 11.6. The minimum absolute atomic E-state index is 0.0957. The van der Waals surface area contributed by atoms with Gasteiger partial charge in [-0.2, -0.15) is 0 Å². The van der Waals surface area contributed by atoms with Crippen LogP contribution in [0.3, 0.4) is 0 Å². The fourth-order valence-corrected chi connectivity index (χ4v) is 2.21. The molecule has 1 heterocycles. The number of nitrogens with two attached hydrogens (primary N) is 1. The second kappa shape index (κ2) is 4.34. The van der Waals surface area contributed by atoms with Crippen LogP contribution in [-0.2, 0) is 6.54 Å². The molecule has 2 N–H and O–H groups in total. The largest absolute Gasteiger partial charge is 0.381 e. The van der Waals surface area contributed by atoms with E-state index in [4.69, 9.17) is 5.73 Å². The van der Waals surface area contributed by atoms with Gasteiger partial charge in [-0.1, -0.05) is 23.4 Å². The van der Waals surface area contributed by atoms with Crippen molar-refractivity contribution in [3.63, 3.8) is 0 Å². The molecule has 1 aliphatic carbocycles. The van der Waals surface area contributed by atoms with Crippen LogP contribution in [0.25, 0.3) is 0 Å². The molecular formula is C12H13N5O2. The lowest BCUT2D eigenvalue weighted by molar-refractivity contribution is -0.385. The van der Waals surface area contributed by atoms with E-state index >= 15 is 0 Å². The highest BCUT2D eigenvalue weighted by atomic mass is 16.6. The first-order valence-corrected chi connectivity index (χ1v) is 6.08. The molecule has 1 fully saturated rings. The van der Waals surface area contributed by atoms with Crippen LogP contribution >= 0.6 is 0 Å². The van der Waals surface area contributed by atoms with Crippen LogP contribution in [0.4, 0.5) is 11.5 Å². The normalized spacial score (nSPS) is 14.5. The average molecular weight is 259 g/mol. The third-order valence-corrected chi connectivity index (χ3v) is 3.27. The molecule has 1 aromatic heterocycles. The number of benzene rings is 1. The summed E-state index contributed by atoms with van der Waals surface area (Å²) < 4.78 is 1.68. The molecule has 3 rings (SSSR count). The van der Waals surface area contributed by atoms with Crippen LogP contribution in [0.15, 0.2) is 24.3 Å². The van der Waals surface area contributed by atoms with Crippen LogP contribution < -0.4 is 5.73 Å². The molecule has 0 radical (unpaired) electrons. The van der Waals surface area contributed by atoms with Gasteiger partial charge < -0.3 is 5.73 Å². The van der Waals surface area contributed by atoms with Gasteiger partial charge in [0.15, 0.2) is 5.82 Å². The Bertz CT molecular complexity index is 633. The van der Waals surface area contributed by atoms with Crippen molar-refractivity contribution in [3.05, 3.63) is 45.6 Å². The van der Waals surface area contributed by atoms with E-state index in [1.165, 1.54) is 6.07 Å². The molecule has 0 saturated heterocycles. The van der Waals surface area contributed by atoms with E-state index in [-0.39, 0.29) is 10.6 Å². The molecule has 7 heteroatoms. The van der Waals surface area contributed by atoms with Crippen LogP contribution in [0.2, 0.25) is 0 Å². The zero-order chi connectivity index (χ0) is 13.4. The Morgan fingerprint density at radius 2 is 2.16 bits per heavy atom. The summed E-state index contributed by atoms with van der Waals surface area (Å²) in [6, 6.07) is 6.65. The van der Waals surface area contributed by atoms with Crippen molar-refractivity contribution in [1.29, 1.82) is 0 Å². The summed E-state index contributed by atoms with van der Waals surface area (Å²) in [5.41, 5.74) is 7.41. The molecule has 1 aromatic carbocycles. The zero-order valence-corrected chi connectivity index (χ0v) is 10.2. The predicted octanol–water partition coefficient (Wildman–Crippen LogP) is 1.69. The minimum atomic E-state index is -0.383. The maximum Gasteiger partial charge on any atom is 0.274 e. The van der Waals surface area contributed by atoms with Gasteiger partial charge in [0.25, 0.3) is 5.69 Å². The highest BCUT2D eigenvalue weighted by molar-refractivity contribution is 5.42. The molecule has 0 aliphatic heterocycles. The lowest BCUT2D eigenvalue weighted by Crippen LogP contribution is -2.08. The van der Waals surface area contributed by atoms with Crippen molar-refractivity contribution in [2.45, 2.75) is 25.3 Å². The van der Waals surface area contributed by atoms with Crippen molar-refractivity contribution < 1.29 is 4.92 Å². The van der Waals surface area contributed by atoms with Crippen molar-refractivity contribution in [1.82, 2.24) is 15.0 Å². The third-order valence-electron chi connectivity index (χ3n) is 3.27. The van der Waals surface area contributed by atoms with Crippen LogP contribution in [-0.4, -0.2) is 19.9 Å². The monoisotopic (exact) mass is 259 g/mol. The van der Waals surface area contributed by atoms with Gasteiger partial charge in [0, 0.05) is 12.0 Å². The lowest BCUT2D eigenvalue weighted by Gasteiger charge is -2.06. The molecule has 19 heavy (non-hydrogen) atoms. The van der Waals surface area contributed by atoms with E-state index in [9.17, 15) is 10.1 Å². The number of nitro groups is 1. The minimum Gasteiger partial charge on any atom is -0.381 e. The van der Waals surface area contributed by atoms with Gasteiger partial charge in [0.05, 0.1) is 22.7 Å². The first-order chi connectivity index (χ1) is 9.16. The lowest BCUT2D eigenvalue weighted by atomic mass is 10.1. The molecule has 98 valence electrons. The number of nitro benzene ring substituents is 1. The SMILES string of the molecule is Nc1nnn(Cc2ccccc2[N+](=O)[O-])c1C1CC1. The number of aromatic nitrogens is 3. The van der Waals surface area contributed by atoms with Crippen molar-refractivity contribution in [3.8, 4) is 0 Å². The molecule has 0 atom stereocenters. The van der Waals surface area contributed by atoms with Crippen molar-refractivity contribution in [2.75, 3.05) is 5.73 Å². The molecule has 1 saturated carbocycles. The molecule has 0 amide bonds. The zero-order valence-electron chi connectivity index (χ0n) is 10.2. The fourth-order valence-electron chi connectivity index (χ4n) is 2.21. The number of nitrogens with zero attached hydrogens (tertiary/aromatic N) is 4. The number of rotatable bonds is 4. The Hall–Kier alpha value is -2.44. The van der Waals surface area contributed by atoms with E-state index in [2.05, 4.69) is 10.3 Å². The quantitative estimate of drug-likeness (QED) is 0.665. The van der Waals surface area contributed by atoms with Crippen LogP contribution in [0, 0.1) is 10.1 Å². The molecular weight excluding hydrogens is 246 g/mol. The summed E-state index contributed by atoms with van der Waals surface area (Å²) in [6.45, 7) is 0.327. The molecule has 0 unspecified atom stereocenters. The maximum absolute atomic E-state index is 11.0. The molecule has 0 spiro atoms. The summed E-state index contributed by atoms with van der Waals surface area (Å²) in [5, 5.41) is 18.8. The first-order valence-electron chi connectivity index (χ1n) is 6.08. The highest BCUT2D eigenvalue weighted by Gasteiger charge is 2.31. The van der Waals surface area contributed by atoms with E-state index in [0.29, 0.717) is 23.8 Å². The Morgan fingerprint density at radius 3 is 2.84 bits per heavy atom. The van der Waals surface area contributed by atoms with E-state index < -0.39 is 0 Å². The highest BCUT2D eigenvalue weighted by Crippen LogP contribution is 2.42. The summed E-state index contributed by atoms with van der Waals surface area (Å²) in [5.74, 6) is 0.832. The number of hydrogen-bond acceptors (Lipinski definition) is 5. The Labute approximate surface area is 109 Å². The average Bonchev–Trinajstić information content (AvgIpc) is 3.15. The number of hydrogen-bond donors (Lipinski definition) is 1. The number of para-hydroxylation sites is 1. The second-order valence-electron chi connectivity index (χ2n) is 4.68. The van der Waals surface area contributed by atoms with E-state index in [1.807, 2.05) is 0 Å². The summed E-state index contributed by atoms with van der Waals surface area (Å²) in [6.07, 6.45) is 2.16. The second-order valence-corrected chi connectivity index (χ2v) is 4.68. The maximum atomic E-state index is 11.0. The van der Waals surface area contributed by atoms with Gasteiger partial charge in [-0.15, -0.1) is 5.10 Å². The van der Waals surface area contributed by atoms with Gasteiger partial charge in [-0.05, 0) is 12.8 Å². The molecule has 2 aromatic rings. The van der Waals surface area contributed by atoms with Gasteiger partial charge in [0.1, 0.15) is 0 Å². The summed E-state index contributed by atoms with van der Waals surface area (Å²) in [7, 11) is 0. The Balaban J connectivity index is 1.96. The number of nitrogen functional groups attached to an aromatic ring is 1. The van der Waals surface area contributed by atoms with Gasteiger partial charge in [-0.25, -0.2) is 4.68 Å². The molecule has 7 nitrogen and oxygen atoms in total. The van der Waals surface area contributed by atoms with Crippen molar-refractivity contribution in [2.24, 2.45) is 0 Å². The van der Waals surface area contributed by atoms with E-state index in [0.717, 1.165) is 18.5 Å². The van der Waals surface area contributed by atoms with Gasteiger partial charge in [-0.3, -0.25) is 10.1 Å². The predicted molar refractivity (Wildman–Crippen MR) is 68.6 cm³/mol. The standard InChI is InChI=1S/C12H13N5O2/c13-12-11(8-5-6-8)16(15-14-12)7-9-3-1-2-4-10(9)17(18)19/h1-4,8H,5-7,13H2. The smallest absolute Gasteiger partial charge is 0.274 e. The summed E-state index contributed by atoms with van der Waals surface area (Å²) in [4.78, 5) is 10.6.